The molecule has 4 aromatic rings. The summed E-state index contributed by atoms with van der Waals surface area (Å²) >= 11 is 0. The fourth-order valence-electron chi connectivity index (χ4n) is 5.23. The van der Waals surface area contributed by atoms with Crippen LogP contribution in [0.25, 0.3) is 22.6 Å². The monoisotopic (exact) mass is 619 g/mol. The fourth-order valence-corrected chi connectivity index (χ4v) is 6.70. The van der Waals surface area contributed by atoms with E-state index in [-0.39, 0.29) is 24.2 Å². The van der Waals surface area contributed by atoms with Gasteiger partial charge in [-0.25, -0.2) is 36.8 Å². The van der Waals surface area contributed by atoms with Gasteiger partial charge in [-0.2, -0.15) is 23.1 Å². The van der Waals surface area contributed by atoms with Gasteiger partial charge in [0.1, 0.15) is 11.6 Å². The van der Waals surface area contributed by atoms with Gasteiger partial charge in [0.15, 0.2) is 5.82 Å². The van der Waals surface area contributed by atoms with Crippen LogP contribution in [-0.2, 0) is 10.0 Å². The summed E-state index contributed by atoms with van der Waals surface area (Å²) in [7, 11) is -3.53. The van der Waals surface area contributed by atoms with Crippen LogP contribution in [0.1, 0.15) is 51.5 Å². The zero-order valence-electron chi connectivity index (χ0n) is 22.8. The highest BCUT2D eigenvalue weighted by Gasteiger charge is 2.37. The Morgan fingerprint density at radius 3 is 2.47 bits per heavy atom. The molecule has 6 rings (SSSR count). The van der Waals surface area contributed by atoms with E-state index in [1.165, 1.54) is 37.1 Å². The van der Waals surface area contributed by atoms with E-state index < -0.39 is 28.2 Å². The summed E-state index contributed by atoms with van der Waals surface area (Å²) in [5, 5.41) is 14.1. The zero-order valence-corrected chi connectivity index (χ0v) is 23.6. The molecule has 43 heavy (non-hydrogen) atoms. The minimum absolute atomic E-state index is 0.00536. The van der Waals surface area contributed by atoms with E-state index in [2.05, 4.69) is 35.8 Å². The van der Waals surface area contributed by atoms with E-state index in [4.69, 9.17) is 0 Å². The van der Waals surface area contributed by atoms with Crippen LogP contribution in [0.2, 0.25) is 0 Å². The summed E-state index contributed by atoms with van der Waals surface area (Å²) in [5.41, 5.74) is 1.83. The molecule has 2 aliphatic rings. The number of rotatable bonds is 11. The van der Waals surface area contributed by atoms with Crippen LogP contribution in [0.3, 0.4) is 0 Å². The maximum Gasteiger partial charge on any atom is 0.333 e. The fraction of sp³-hybridized carbons (Fsp3) is 0.444. The molecule has 11 nitrogen and oxygen atoms in total. The van der Waals surface area contributed by atoms with Crippen molar-refractivity contribution in [2.45, 2.75) is 69.2 Å². The normalized spacial score (nSPS) is 19.2. The molecule has 0 saturated heterocycles. The highest BCUT2D eigenvalue weighted by molar-refractivity contribution is 7.90. The average molecular weight is 620 g/mol. The van der Waals surface area contributed by atoms with Crippen LogP contribution in [-0.4, -0.2) is 60.1 Å². The Balaban J connectivity index is 1.23. The van der Waals surface area contributed by atoms with Crippen molar-refractivity contribution in [1.29, 1.82) is 0 Å². The quantitative estimate of drug-likeness (QED) is 0.203. The number of pyridine rings is 1. The third kappa shape index (κ3) is 6.63. The molecule has 4 heterocycles. The highest BCUT2D eigenvalue weighted by atomic mass is 32.2. The Morgan fingerprint density at radius 2 is 1.77 bits per heavy atom. The van der Waals surface area contributed by atoms with Crippen LogP contribution in [0, 0.1) is 5.92 Å². The predicted molar refractivity (Wildman–Crippen MR) is 151 cm³/mol. The van der Waals surface area contributed by atoms with Crippen molar-refractivity contribution in [2.75, 3.05) is 10.6 Å². The molecule has 0 spiro atoms. The molecule has 2 aliphatic carbocycles. The molecule has 2 N–H and O–H groups in total. The Bertz CT molecular complexity index is 1680. The maximum atomic E-state index is 13.2. The molecular weight excluding hydrogens is 590 g/mol. The van der Waals surface area contributed by atoms with E-state index in [9.17, 15) is 26.0 Å². The summed E-state index contributed by atoms with van der Waals surface area (Å²) in [6.07, 6.45) is 8.49. The Kier molecular flexibility index (Phi) is 8.03. The first-order valence-corrected chi connectivity index (χ1v) is 15.4. The van der Waals surface area contributed by atoms with E-state index >= 15 is 0 Å². The van der Waals surface area contributed by atoms with E-state index in [0.717, 1.165) is 4.09 Å². The molecule has 2 fully saturated rings. The molecule has 0 aliphatic heterocycles. The van der Waals surface area contributed by atoms with Gasteiger partial charge >= 0.3 is 6.55 Å². The number of hydrogen-bond acceptors (Lipinski definition) is 9. The molecule has 0 bridgehead atoms. The molecule has 0 aromatic carbocycles. The first-order valence-electron chi connectivity index (χ1n) is 13.9. The minimum atomic E-state index is -3.53. The summed E-state index contributed by atoms with van der Waals surface area (Å²) in [5.74, 6) is 1.00. The standard InChI is InChI=1S/C27H29F4N9O2S/c28-23(29)11-16-1-3-18(4-2-16)35-22-12-25(33-14-20(22)21-8-10-39(38-21)27(30)31)36-24-7-9-32-26(37-24)17-13-34-40(15-17)43(41,42)19-5-6-19/h7-10,12-16,18-19,23,27H,1-6,11H2,(H2,32,33,35,36,37). The van der Waals surface area contributed by atoms with Crippen LogP contribution >= 0.6 is 0 Å². The lowest BCUT2D eigenvalue weighted by atomic mass is 9.84. The first kappa shape index (κ1) is 29.0. The van der Waals surface area contributed by atoms with Gasteiger partial charge in [0.05, 0.1) is 28.9 Å². The van der Waals surface area contributed by atoms with Crippen LogP contribution in [0.15, 0.2) is 49.2 Å². The third-order valence-electron chi connectivity index (χ3n) is 7.64. The van der Waals surface area contributed by atoms with Gasteiger partial charge in [0.2, 0.25) is 6.43 Å². The number of anilines is 3. The maximum absolute atomic E-state index is 13.2. The minimum Gasteiger partial charge on any atom is -0.382 e. The number of hydrogen-bond donors (Lipinski definition) is 2. The zero-order chi connectivity index (χ0) is 30.1. The summed E-state index contributed by atoms with van der Waals surface area (Å²) < 4.78 is 78.7. The molecular formula is C27H29F4N9O2S. The second-order valence-corrected chi connectivity index (χ2v) is 12.9. The van der Waals surface area contributed by atoms with Gasteiger partial charge in [-0.05, 0) is 56.6 Å². The summed E-state index contributed by atoms with van der Waals surface area (Å²) in [6, 6.07) is 4.80. The second kappa shape index (κ2) is 11.9. The van der Waals surface area contributed by atoms with Gasteiger partial charge in [-0.15, -0.1) is 0 Å². The van der Waals surface area contributed by atoms with Crippen molar-refractivity contribution in [3.05, 3.63) is 49.2 Å². The number of nitrogens with zero attached hydrogens (tertiary/aromatic N) is 7. The summed E-state index contributed by atoms with van der Waals surface area (Å²) in [6.45, 7) is -2.79. The number of nitrogens with one attached hydrogen (secondary N) is 2. The molecule has 4 aromatic heterocycles. The van der Waals surface area contributed by atoms with Crippen molar-refractivity contribution in [1.82, 2.24) is 33.9 Å². The van der Waals surface area contributed by atoms with Crippen molar-refractivity contribution in [2.24, 2.45) is 5.92 Å². The first-order chi connectivity index (χ1) is 20.7. The van der Waals surface area contributed by atoms with E-state index in [0.29, 0.717) is 77.4 Å². The number of aromatic nitrogens is 7. The van der Waals surface area contributed by atoms with Gasteiger partial charge in [-0.3, -0.25) is 0 Å². The molecule has 2 saturated carbocycles. The van der Waals surface area contributed by atoms with Crippen molar-refractivity contribution >= 4 is 27.3 Å². The molecule has 0 amide bonds. The van der Waals surface area contributed by atoms with Crippen molar-refractivity contribution in [3.63, 3.8) is 0 Å². The van der Waals surface area contributed by atoms with Crippen LogP contribution in [0.4, 0.5) is 34.9 Å². The van der Waals surface area contributed by atoms with Crippen LogP contribution in [0.5, 0.6) is 0 Å². The molecule has 16 heteroatoms. The topological polar surface area (TPSA) is 133 Å². The molecule has 0 atom stereocenters. The van der Waals surface area contributed by atoms with Gasteiger partial charge in [0.25, 0.3) is 10.0 Å². The Labute approximate surface area is 244 Å². The Hall–Kier alpha value is -4.08. The third-order valence-corrected chi connectivity index (χ3v) is 9.68. The lowest BCUT2D eigenvalue weighted by Crippen LogP contribution is -2.27. The number of alkyl halides is 4. The lowest BCUT2D eigenvalue weighted by Gasteiger charge is -2.30. The second-order valence-electron chi connectivity index (χ2n) is 10.8. The average Bonchev–Trinajstić information content (AvgIpc) is 3.51. The van der Waals surface area contributed by atoms with Gasteiger partial charge in [0, 0.05) is 48.4 Å². The van der Waals surface area contributed by atoms with Gasteiger partial charge < -0.3 is 10.6 Å². The molecule has 0 unspecified atom stereocenters. The summed E-state index contributed by atoms with van der Waals surface area (Å²) in [4.78, 5) is 13.2. The Morgan fingerprint density at radius 1 is 0.977 bits per heavy atom. The molecule has 0 radical (unpaired) electrons. The van der Waals surface area contributed by atoms with Crippen LogP contribution < -0.4 is 10.6 Å². The van der Waals surface area contributed by atoms with E-state index in [1.807, 2.05) is 0 Å². The smallest absolute Gasteiger partial charge is 0.333 e. The highest BCUT2D eigenvalue weighted by Crippen LogP contribution is 2.35. The van der Waals surface area contributed by atoms with Gasteiger partial charge in [-0.1, -0.05) is 0 Å². The number of halogens is 4. The predicted octanol–water partition coefficient (Wildman–Crippen LogP) is 5.70. The largest absolute Gasteiger partial charge is 0.382 e. The van der Waals surface area contributed by atoms with E-state index in [1.54, 1.807) is 12.1 Å². The SMILES string of the molecule is O=S(=O)(C1CC1)n1cc(-c2nccc(Nc3cc(NC4CCC(CC(F)F)CC4)c(-c4ccn(C(F)F)n4)cn3)n2)cn1. The van der Waals surface area contributed by atoms with Crippen molar-refractivity contribution in [3.8, 4) is 22.6 Å². The lowest BCUT2D eigenvalue weighted by molar-refractivity contribution is 0.0568. The molecule has 228 valence electrons. The van der Waals surface area contributed by atoms with Crippen molar-refractivity contribution < 1.29 is 26.0 Å².